The van der Waals surface area contributed by atoms with Gasteiger partial charge in [-0.15, -0.1) is 0 Å². The summed E-state index contributed by atoms with van der Waals surface area (Å²) in [5.41, 5.74) is 0.533. The Kier molecular flexibility index (Phi) is 2.60. The molecule has 0 saturated heterocycles. The van der Waals surface area contributed by atoms with Crippen molar-refractivity contribution in [2.24, 2.45) is 0 Å². The number of ether oxygens (including phenoxy) is 2. The lowest BCUT2D eigenvalue weighted by Gasteiger charge is -2.12. The molecule has 1 N–H and O–H groups in total. The molecule has 0 unspecified atom stereocenters. The Balaban J connectivity index is 2.03. The van der Waals surface area contributed by atoms with Crippen molar-refractivity contribution < 1.29 is 22.6 Å². The molecule has 0 saturated carbocycles. The van der Waals surface area contributed by atoms with Crippen LogP contribution >= 0.6 is 0 Å². The number of aromatic nitrogens is 2. The van der Waals surface area contributed by atoms with Crippen LogP contribution in [-0.2, 0) is 6.18 Å². The highest BCUT2D eigenvalue weighted by Crippen LogP contribution is 2.44. The van der Waals surface area contributed by atoms with Crippen molar-refractivity contribution >= 4 is 10.9 Å². The van der Waals surface area contributed by atoms with Gasteiger partial charge < -0.3 is 9.47 Å². The normalized spacial score (nSPS) is 13.8. The van der Waals surface area contributed by atoms with E-state index in [1.165, 1.54) is 6.20 Å². The van der Waals surface area contributed by atoms with Crippen LogP contribution in [0.3, 0.4) is 0 Å². The number of nitrogens with zero attached hydrogens (tertiary/aromatic N) is 1. The van der Waals surface area contributed by atoms with Gasteiger partial charge in [-0.25, -0.2) is 0 Å². The van der Waals surface area contributed by atoms with Crippen molar-refractivity contribution in [3.63, 3.8) is 0 Å². The molecule has 0 radical (unpaired) electrons. The molecule has 0 bridgehead atoms. The van der Waals surface area contributed by atoms with Gasteiger partial charge in [-0.2, -0.15) is 18.3 Å². The van der Waals surface area contributed by atoms with E-state index < -0.39 is 11.7 Å². The molecule has 0 spiro atoms. The lowest BCUT2D eigenvalue weighted by atomic mass is 9.98. The van der Waals surface area contributed by atoms with Gasteiger partial charge in [-0.3, -0.25) is 5.10 Å². The van der Waals surface area contributed by atoms with Crippen molar-refractivity contribution in [2.75, 3.05) is 6.79 Å². The lowest BCUT2D eigenvalue weighted by molar-refractivity contribution is -0.137. The minimum Gasteiger partial charge on any atom is -0.454 e. The first-order chi connectivity index (χ1) is 10.5. The van der Waals surface area contributed by atoms with E-state index in [2.05, 4.69) is 10.2 Å². The van der Waals surface area contributed by atoms with Crippen molar-refractivity contribution in [2.45, 2.75) is 6.18 Å². The summed E-state index contributed by atoms with van der Waals surface area (Å²) in [5, 5.41) is 7.02. The third kappa shape index (κ3) is 1.89. The monoisotopic (exact) mass is 306 g/mol. The van der Waals surface area contributed by atoms with Crippen LogP contribution in [0.5, 0.6) is 11.5 Å². The molecule has 3 aromatic rings. The maximum Gasteiger partial charge on any atom is 0.416 e. The van der Waals surface area contributed by atoms with Crippen LogP contribution in [0.15, 0.2) is 36.5 Å². The van der Waals surface area contributed by atoms with Crippen molar-refractivity contribution in [1.29, 1.82) is 0 Å². The van der Waals surface area contributed by atoms with Gasteiger partial charge in [0.15, 0.2) is 11.5 Å². The van der Waals surface area contributed by atoms with Crippen LogP contribution in [0.25, 0.3) is 22.0 Å². The van der Waals surface area contributed by atoms with Gasteiger partial charge in [0.1, 0.15) is 0 Å². The van der Waals surface area contributed by atoms with Crippen LogP contribution in [0.1, 0.15) is 5.56 Å². The van der Waals surface area contributed by atoms with E-state index in [0.29, 0.717) is 33.5 Å². The average molecular weight is 306 g/mol. The van der Waals surface area contributed by atoms with E-state index in [1.807, 2.05) is 0 Å². The van der Waals surface area contributed by atoms with Crippen molar-refractivity contribution in [3.05, 3.63) is 42.1 Å². The summed E-state index contributed by atoms with van der Waals surface area (Å²) in [5.74, 6) is 0.968. The second-order valence-corrected chi connectivity index (χ2v) is 4.89. The number of benzene rings is 2. The maximum atomic E-state index is 13.1. The number of fused-ring (bicyclic) bond motifs is 2. The van der Waals surface area contributed by atoms with Crippen molar-refractivity contribution in [3.8, 4) is 22.6 Å². The first kappa shape index (κ1) is 13.0. The number of H-pyrrole nitrogens is 1. The zero-order valence-electron chi connectivity index (χ0n) is 11.1. The Bertz CT molecular complexity index is 871. The summed E-state index contributed by atoms with van der Waals surface area (Å²) in [4.78, 5) is 0. The third-order valence-electron chi connectivity index (χ3n) is 3.57. The Labute approximate surface area is 122 Å². The fourth-order valence-corrected chi connectivity index (χ4v) is 2.58. The molecule has 4 nitrogen and oxygen atoms in total. The molecule has 0 amide bonds. The van der Waals surface area contributed by atoms with Gasteiger partial charge in [-0.05, 0) is 23.8 Å². The maximum absolute atomic E-state index is 13.1. The SMILES string of the molecule is FC(F)(F)c1cc(-c2cccc3c2OCO3)c2cn[nH]c2c1. The molecule has 2 aromatic carbocycles. The molecular weight excluding hydrogens is 297 g/mol. The van der Waals surface area contributed by atoms with E-state index in [-0.39, 0.29) is 6.79 Å². The first-order valence-corrected chi connectivity index (χ1v) is 6.47. The highest BCUT2D eigenvalue weighted by atomic mass is 19.4. The highest BCUT2D eigenvalue weighted by molar-refractivity contribution is 5.97. The Morgan fingerprint density at radius 2 is 1.95 bits per heavy atom. The zero-order chi connectivity index (χ0) is 15.3. The van der Waals surface area contributed by atoms with Crippen LogP contribution in [0, 0.1) is 0 Å². The molecule has 0 fully saturated rings. The molecule has 1 aliphatic heterocycles. The van der Waals surface area contributed by atoms with Gasteiger partial charge in [0.2, 0.25) is 6.79 Å². The molecule has 4 rings (SSSR count). The van der Waals surface area contributed by atoms with Crippen LogP contribution in [0.4, 0.5) is 13.2 Å². The molecule has 7 heteroatoms. The highest BCUT2D eigenvalue weighted by Gasteiger charge is 2.32. The molecule has 0 atom stereocenters. The van der Waals surface area contributed by atoms with E-state index in [4.69, 9.17) is 9.47 Å². The fourth-order valence-electron chi connectivity index (χ4n) is 2.58. The molecule has 112 valence electrons. The van der Waals surface area contributed by atoms with E-state index in [0.717, 1.165) is 12.1 Å². The largest absolute Gasteiger partial charge is 0.454 e. The quantitative estimate of drug-likeness (QED) is 0.740. The van der Waals surface area contributed by atoms with Gasteiger partial charge in [0.25, 0.3) is 0 Å². The predicted molar refractivity (Wildman–Crippen MR) is 72.7 cm³/mol. The standard InChI is InChI=1S/C15H9F3N2O2/c16-15(17,18)8-4-10(11-6-19-20-12(11)5-8)9-2-1-3-13-14(9)22-7-21-13/h1-6H,7H2,(H,19,20). The topological polar surface area (TPSA) is 47.1 Å². The molecule has 0 aliphatic carbocycles. The Hall–Kier alpha value is -2.70. The minimum atomic E-state index is -4.44. The number of halogens is 3. The van der Waals surface area contributed by atoms with Crippen LogP contribution < -0.4 is 9.47 Å². The van der Waals surface area contributed by atoms with Crippen LogP contribution in [-0.4, -0.2) is 17.0 Å². The summed E-state index contributed by atoms with van der Waals surface area (Å²) in [6, 6.07) is 7.29. The van der Waals surface area contributed by atoms with Gasteiger partial charge in [0.05, 0.1) is 17.3 Å². The molecule has 1 aromatic heterocycles. The summed E-state index contributed by atoms with van der Waals surface area (Å²) in [6.45, 7) is 0.0554. The van der Waals surface area contributed by atoms with Gasteiger partial charge in [-0.1, -0.05) is 12.1 Å². The Morgan fingerprint density at radius 1 is 1.09 bits per heavy atom. The summed E-state index contributed by atoms with van der Waals surface area (Å²) in [7, 11) is 0. The van der Waals surface area contributed by atoms with Gasteiger partial charge in [0, 0.05) is 10.9 Å². The van der Waals surface area contributed by atoms with Gasteiger partial charge >= 0.3 is 6.18 Å². The van der Waals surface area contributed by atoms with E-state index >= 15 is 0 Å². The van der Waals surface area contributed by atoms with Crippen molar-refractivity contribution in [1.82, 2.24) is 10.2 Å². The number of nitrogens with one attached hydrogen (secondary N) is 1. The molecule has 2 heterocycles. The summed E-state index contributed by atoms with van der Waals surface area (Å²) in [6.07, 6.45) is -2.94. The van der Waals surface area contributed by atoms with E-state index in [9.17, 15) is 13.2 Å². The summed E-state index contributed by atoms with van der Waals surface area (Å²) < 4.78 is 50.0. The first-order valence-electron chi connectivity index (χ1n) is 6.47. The third-order valence-corrected chi connectivity index (χ3v) is 3.57. The van der Waals surface area contributed by atoms with Crippen LogP contribution in [0.2, 0.25) is 0 Å². The zero-order valence-corrected chi connectivity index (χ0v) is 11.1. The number of aromatic amines is 1. The number of rotatable bonds is 1. The number of para-hydroxylation sites is 1. The Morgan fingerprint density at radius 3 is 2.77 bits per heavy atom. The second-order valence-electron chi connectivity index (χ2n) is 4.89. The molecular formula is C15H9F3N2O2. The molecule has 1 aliphatic rings. The van der Waals surface area contributed by atoms with E-state index in [1.54, 1.807) is 18.2 Å². The number of hydrogen-bond acceptors (Lipinski definition) is 3. The smallest absolute Gasteiger partial charge is 0.416 e. The predicted octanol–water partition coefficient (Wildman–Crippen LogP) is 3.98. The lowest BCUT2D eigenvalue weighted by Crippen LogP contribution is -2.05. The second kappa shape index (κ2) is 4.40. The number of hydrogen-bond donors (Lipinski definition) is 1. The molecule has 22 heavy (non-hydrogen) atoms. The fraction of sp³-hybridized carbons (Fsp3) is 0.133. The summed E-state index contributed by atoms with van der Waals surface area (Å²) >= 11 is 0. The number of alkyl halides is 3. The average Bonchev–Trinajstić information content (AvgIpc) is 3.13. The minimum absolute atomic E-state index is 0.0554.